The molecule has 2 aliphatic rings. The maximum absolute atomic E-state index is 12.7. The van der Waals surface area contributed by atoms with Gasteiger partial charge in [0.05, 0.1) is 12.6 Å². The second-order valence-corrected chi connectivity index (χ2v) is 6.99. The van der Waals surface area contributed by atoms with Gasteiger partial charge < -0.3 is 10.2 Å². The summed E-state index contributed by atoms with van der Waals surface area (Å²) in [5, 5.41) is 6.62. The molecule has 2 aliphatic heterocycles. The zero-order chi connectivity index (χ0) is 17.4. The number of thiophene rings is 1. The van der Waals surface area contributed by atoms with Crippen LogP contribution in [0.5, 0.6) is 0 Å². The zero-order valence-electron chi connectivity index (χ0n) is 13.5. The fraction of sp³-hybridized carbons (Fsp3) is 0.278. The molecule has 1 N–H and O–H groups in total. The Morgan fingerprint density at radius 3 is 2.56 bits per heavy atom. The van der Waals surface area contributed by atoms with Crippen molar-refractivity contribution in [3.63, 3.8) is 0 Å². The zero-order valence-corrected chi connectivity index (χ0v) is 14.3. The van der Waals surface area contributed by atoms with Gasteiger partial charge in [0.2, 0.25) is 5.91 Å². The van der Waals surface area contributed by atoms with E-state index >= 15 is 0 Å². The van der Waals surface area contributed by atoms with E-state index in [1.165, 1.54) is 4.90 Å². The molecule has 7 heteroatoms. The van der Waals surface area contributed by atoms with Crippen molar-refractivity contribution < 1.29 is 14.4 Å². The normalized spacial score (nSPS) is 20.2. The van der Waals surface area contributed by atoms with E-state index in [0.29, 0.717) is 25.1 Å². The van der Waals surface area contributed by atoms with Gasteiger partial charge >= 0.3 is 6.03 Å². The monoisotopic (exact) mass is 355 g/mol. The van der Waals surface area contributed by atoms with Gasteiger partial charge in [-0.05, 0) is 46.5 Å². The van der Waals surface area contributed by atoms with Crippen LogP contribution in [-0.4, -0.2) is 53.3 Å². The number of carbonyl (C=O) groups excluding carboxylic acids is 3. The highest BCUT2D eigenvalue weighted by Gasteiger charge is 2.39. The number of rotatable bonds is 3. The number of imide groups is 1. The number of hydrogen-bond donors (Lipinski definition) is 1. The quantitative estimate of drug-likeness (QED) is 0.858. The standard InChI is InChI=1S/C18H17N3O3S/c22-16-9-19-18(24)21(16)15-5-7-20(10-15)17(23)13-3-1-12(2-4-13)14-6-8-25-11-14/h1-4,6,8,11,15H,5,7,9-10H2,(H,19,24). The van der Waals surface area contributed by atoms with E-state index in [1.807, 2.05) is 35.7 Å². The molecule has 3 heterocycles. The molecule has 0 saturated carbocycles. The lowest BCUT2D eigenvalue weighted by Gasteiger charge is -2.21. The van der Waals surface area contributed by atoms with Gasteiger partial charge in [0.1, 0.15) is 0 Å². The van der Waals surface area contributed by atoms with E-state index in [9.17, 15) is 14.4 Å². The second kappa shape index (κ2) is 6.33. The molecule has 4 amide bonds. The number of likely N-dealkylation sites (tertiary alicyclic amines) is 1. The average Bonchev–Trinajstić information content (AvgIpc) is 3.36. The first-order chi connectivity index (χ1) is 12.1. The van der Waals surface area contributed by atoms with Gasteiger partial charge in [0.25, 0.3) is 5.91 Å². The Hall–Kier alpha value is -2.67. The summed E-state index contributed by atoms with van der Waals surface area (Å²) in [4.78, 5) is 39.2. The molecule has 2 aromatic rings. The molecule has 1 unspecified atom stereocenters. The molecule has 0 spiro atoms. The van der Waals surface area contributed by atoms with Crippen LogP contribution in [0.1, 0.15) is 16.8 Å². The lowest BCUT2D eigenvalue weighted by atomic mass is 10.1. The van der Waals surface area contributed by atoms with Crippen LogP contribution in [0, 0.1) is 0 Å². The number of benzene rings is 1. The van der Waals surface area contributed by atoms with Crippen molar-refractivity contribution in [3.8, 4) is 11.1 Å². The SMILES string of the molecule is O=C(c1ccc(-c2ccsc2)cc1)N1CCC(N2C(=O)CNC2=O)C1. The number of nitrogens with zero attached hydrogens (tertiary/aromatic N) is 2. The van der Waals surface area contributed by atoms with Crippen molar-refractivity contribution in [2.45, 2.75) is 12.5 Å². The molecule has 6 nitrogen and oxygen atoms in total. The fourth-order valence-corrected chi connectivity index (χ4v) is 4.02. The van der Waals surface area contributed by atoms with Crippen molar-refractivity contribution in [2.24, 2.45) is 0 Å². The first kappa shape index (κ1) is 15.8. The van der Waals surface area contributed by atoms with Crippen LogP contribution >= 0.6 is 11.3 Å². The molecule has 0 bridgehead atoms. The molecule has 128 valence electrons. The first-order valence-corrected chi connectivity index (χ1v) is 9.09. The number of nitrogens with one attached hydrogen (secondary N) is 1. The van der Waals surface area contributed by atoms with Crippen LogP contribution in [0.2, 0.25) is 0 Å². The summed E-state index contributed by atoms with van der Waals surface area (Å²) >= 11 is 1.64. The fourth-order valence-electron chi connectivity index (χ4n) is 3.36. The molecular weight excluding hydrogens is 338 g/mol. The predicted molar refractivity (Wildman–Crippen MR) is 94.3 cm³/mol. The highest BCUT2D eigenvalue weighted by atomic mass is 32.1. The number of urea groups is 1. The van der Waals surface area contributed by atoms with Gasteiger partial charge in [-0.2, -0.15) is 11.3 Å². The van der Waals surface area contributed by atoms with Crippen molar-refractivity contribution in [1.29, 1.82) is 0 Å². The second-order valence-electron chi connectivity index (χ2n) is 6.21. The topological polar surface area (TPSA) is 69.7 Å². The van der Waals surface area contributed by atoms with Gasteiger partial charge in [-0.15, -0.1) is 0 Å². The van der Waals surface area contributed by atoms with Crippen LogP contribution in [0.3, 0.4) is 0 Å². The van der Waals surface area contributed by atoms with E-state index in [4.69, 9.17) is 0 Å². The molecule has 0 radical (unpaired) electrons. The minimum Gasteiger partial charge on any atom is -0.336 e. The third-order valence-electron chi connectivity index (χ3n) is 4.68. The first-order valence-electron chi connectivity index (χ1n) is 8.15. The van der Waals surface area contributed by atoms with Crippen LogP contribution in [0.25, 0.3) is 11.1 Å². The van der Waals surface area contributed by atoms with Crippen LogP contribution < -0.4 is 5.32 Å². The summed E-state index contributed by atoms with van der Waals surface area (Å²) < 4.78 is 0. The molecule has 2 saturated heterocycles. The maximum atomic E-state index is 12.7. The largest absolute Gasteiger partial charge is 0.336 e. The Kier molecular flexibility index (Phi) is 4.01. The minimum absolute atomic E-state index is 0.0489. The predicted octanol–water partition coefficient (Wildman–Crippen LogP) is 2.18. The average molecular weight is 355 g/mol. The van der Waals surface area contributed by atoms with E-state index in [2.05, 4.69) is 10.7 Å². The minimum atomic E-state index is -0.357. The molecule has 2 fully saturated rings. The number of amides is 4. The van der Waals surface area contributed by atoms with Crippen molar-refractivity contribution in [1.82, 2.24) is 15.1 Å². The van der Waals surface area contributed by atoms with E-state index < -0.39 is 0 Å². The van der Waals surface area contributed by atoms with Gasteiger partial charge in [-0.1, -0.05) is 12.1 Å². The van der Waals surface area contributed by atoms with Gasteiger partial charge in [0.15, 0.2) is 0 Å². The summed E-state index contributed by atoms with van der Waals surface area (Å²) in [5.74, 6) is -0.282. The molecule has 1 aromatic carbocycles. The van der Waals surface area contributed by atoms with E-state index in [-0.39, 0.29) is 30.4 Å². The van der Waals surface area contributed by atoms with Crippen LogP contribution in [0.15, 0.2) is 41.1 Å². The Morgan fingerprint density at radius 2 is 1.92 bits per heavy atom. The van der Waals surface area contributed by atoms with Crippen LogP contribution in [0.4, 0.5) is 4.79 Å². The Balaban J connectivity index is 1.45. The molecule has 1 aromatic heterocycles. The van der Waals surface area contributed by atoms with Gasteiger partial charge in [-0.25, -0.2) is 4.79 Å². The van der Waals surface area contributed by atoms with E-state index in [1.54, 1.807) is 16.2 Å². The molecule has 4 rings (SSSR count). The molecule has 0 aliphatic carbocycles. The maximum Gasteiger partial charge on any atom is 0.324 e. The summed E-state index contributed by atoms with van der Waals surface area (Å²) in [6, 6.07) is 9.01. The van der Waals surface area contributed by atoms with Crippen molar-refractivity contribution >= 4 is 29.2 Å². The number of hydrogen-bond acceptors (Lipinski definition) is 4. The third kappa shape index (κ3) is 2.91. The van der Waals surface area contributed by atoms with Crippen molar-refractivity contribution in [2.75, 3.05) is 19.6 Å². The summed E-state index contributed by atoms with van der Waals surface area (Å²) in [7, 11) is 0. The molecular formula is C18H17N3O3S. The molecule has 1 atom stereocenters. The summed E-state index contributed by atoms with van der Waals surface area (Å²) in [5.41, 5.74) is 2.84. The van der Waals surface area contributed by atoms with E-state index in [0.717, 1.165) is 11.1 Å². The van der Waals surface area contributed by atoms with Gasteiger partial charge in [0, 0.05) is 18.7 Å². The Labute approximate surface area is 149 Å². The Morgan fingerprint density at radius 1 is 1.12 bits per heavy atom. The summed E-state index contributed by atoms with van der Waals surface area (Å²) in [6.45, 7) is 0.991. The van der Waals surface area contributed by atoms with Crippen LogP contribution in [-0.2, 0) is 4.79 Å². The summed E-state index contributed by atoms with van der Waals surface area (Å²) in [6.07, 6.45) is 0.623. The number of carbonyl (C=O) groups is 3. The molecule has 25 heavy (non-hydrogen) atoms. The highest BCUT2D eigenvalue weighted by Crippen LogP contribution is 2.24. The third-order valence-corrected chi connectivity index (χ3v) is 5.36. The van der Waals surface area contributed by atoms with Gasteiger partial charge in [-0.3, -0.25) is 14.5 Å². The lowest BCUT2D eigenvalue weighted by Crippen LogP contribution is -2.42. The Bertz CT molecular complexity index is 801. The van der Waals surface area contributed by atoms with Crippen molar-refractivity contribution in [3.05, 3.63) is 46.7 Å². The lowest BCUT2D eigenvalue weighted by molar-refractivity contribution is -0.126. The highest BCUT2D eigenvalue weighted by molar-refractivity contribution is 7.08. The smallest absolute Gasteiger partial charge is 0.324 e.